The molecule has 2 aromatic rings. The van der Waals surface area contributed by atoms with E-state index in [4.69, 9.17) is 0 Å². The number of amides is 4. The highest BCUT2D eigenvalue weighted by Crippen LogP contribution is 2.26. The lowest BCUT2D eigenvalue weighted by atomic mass is 10.1. The van der Waals surface area contributed by atoms with Crippen molar-refractivity contribution in [3.05, 3.63) is 66.0 Å². The topological polar surface area (TPSA) is 86.8 Å². The molecule has 7 nitrogen and oxygen atoms in total. The molecule has 1 heterocycles. The van der Waals surface area contributed by atoms with Gasteiger partial charge in [0, 0.05) is 11.5 Å². The summed E-state index contributed by atoms with van der Waals surface area (Å²) in [5.41, 5.74) is 2.98. The van der Waals surface area contributed by atoms with Crippen molar-refractivity contribution in [1.82, 2.24) is 10.4 Å². The molecule has 1 atom stereocenters. The molecule has 0 saturated carbocycles. The van der Waals surface area contributed by atoms with Gasteiger partial charge >= 0.3 is 0 Å². The van der Waals surface area contributed by atoms with Crippen molar-refractivity contribution in [2.24, 2.45) is 5.92 Å². The highest BCUT2D eigenvalue weighted by atomic mass is 19.1. The summed E-state index contributed by atoms with van der Waals surface area (Å²) in [7, 11) is 0. The minimum absolute atomic E-state index is 0.204. The first-order valence-electron chi connectivity index (χ1n) is 9.11. The number of hydrogen-bond donors (Lipinski definition) is 1. The summed E-state index contributed by atoms with van der Waals surface area (Å²) in [5, 5.41) is 0.934. The highest BCUT2D eigenvalue weighted by molar-refractivity contribution is 6.23. The second-order valence-electron chi connectivity index (χ2n) is 6.93. The third kappa shape index (κ3) is 4.16. The van der Waals surface area contributed by atoms with Gasteiger partial charge in [0.05, 0.1) is 12.1 Å². The van der Waals surface area contributed by atoms with E-state index in [0.717, 1.165) is 22.0 Å². The summed E-state index contributed by atoms with van der Waals surface area (Å²) in [4.78, 5) is 51.6. The van der Waals surface area contributed by atoms with Crippen LogP contribution in [0.5, 0.6) is 0 Å². The normalized spacial score (nSPS) is 16.3. The monoisotopic (exact) mass is 397 g/mol. The molecule has 3 rings (SSSR count). The van der Waals surface area contributed by atoms with Gasteiger partial charge in [0.25, 0.3) is 11.8 Å². The van der Waals surface area contributed by atoms with E-state index in [-0.39, 0.29) is 12.1 Å². The number of imide groups is 1. The lowest BCUT2D eigenvalue weighted by Gasteiger charge is -2.29. The predicted octanol–water partition coefficient (Wildman–Crippen LogP) is 2.29. The van der Waals surface area contributed by atoms with Crippen LogP contribution < -0.4 is 10.3 Å². The molecule has 150 valence electrons. The quantitative estimate of drug-likeness (QED) is 0.634. The Kier molecular flexibility index (Phi) is 5.72. The van der Waals surface area contributed by atoms with Gasteiger partial charge in [-0.15, -0.1) is 0 Å². The maximum absolute atomic E-state index is 13.2. The molecule has 1 aliphatic heterocycles. The number of halogens is 1. The SMILES string of the molecule is CC(C)C(=O)N(NC(=O)c1ccccc1)C1CC(=O)N(c2ccc(F)cc2)C1=O. The smallest absolute Gasteiger partial charge is 0.269 e. The van der Waals surface area contributed by atoms with Gasteiger partial charge in [-0.1, -0.05) is 32.0 Å². The highest BCUT2D eigenvalue weighted by Gasteiger charge is 2.45. The summed E-state index contributed by atoms with van der Waals surface area (Å²) in [6.45, 7) is 3.26. The Hall–Kier alpha value is -3.55. The summed E-state index contributed by atoms with van der Waals surface area (Å²) < 4.78 is 13.2. The molecule has 2 aromatic carbocycles. The van der Waals surface area contributed by atoms with E-state index in [9.17, 15) is 23.6 Å². The van der Waals surface area contributed by atoms with Crippen LogP contribution in [0.4, 0.5) is 10.1 Å². The van der Waals surface area contributed by atoms with Crippen molar-refractivity contribution in [3.63, 3.8) is 0 Å². The van der Waals surface area contributed by atoms with Crippen molar-refractivity contribution >= 4 is 29.3 Å². The maximum Gasteiger partial charge on any atom is 0.269 e. The molecule has 1 N–H and O–H groups in total. The average molecular weight is 397 g/mol. The first kappa shape index (κ1) is 20.2. The fourth-order valence-corrected chi connectivity index (χ4v) is 3.01. The van der Waals surface area contributed by atoms with Crippen molar-refractivity contribution in [2.45, 2.75) is 26.3 Å². The lowest BCUT2D eigenvalue weighted by molar-refractivity contribution is -0.143. The number of carbonyl (C=O) groups is 4. The van der Waals surface area contributed by atoms with Crippen LogP contribution in [0.1, 0.15) is 30.6 Å². The molecule has 0 spiro atoms. The summed E-state index contributed by atoms with van der Waals surface area (Å²) >= 11 is 0. The average Bonchev–Trinajstić information content (AvgIpc) is 3.00. The Labute approximate surface area is 167 Å². The molecule has 8 heteroatoms. The molecule has 0 bridgehead atoms. The number of nitrogens with one attached hydrogen (secondary N) is 1. The van der Waals surface area contributed by atoms with Gasteiger partial charge in [-0.3, -0.25) is 24.6 Å². The minimum atomic E-state index is -1.19. The largest absolute Gasteiger partial charge is 0.274 e. The summed E-state index contributed by atoms with van der Waals surface area (Å²) in [5.74, 6) is -3.29. The summed E-state index contributed by atoms with van der Waals surface area (Å²) in [6.07, 6.45) is -0.288. The molecule has 0 aliphatic carbocycles. The second kappa shape index (κ2) is 8.22. The van der Waals surface area contributed by atoms with Crippen molar-refractivity contribution in [2.75, 3.05) is 4.90 Å². The molecule has 1 aliphatic rings. The lowest BCUT2D eigenvalue weighted by Crippen LogP contribution is -2.55. The van der Waals surface area contributed by atoms with Crippen LogP contribution in [-0.2, 0) is 14.4 Å². The van der Waals surface area contributed by atoms with E-state index in [1.54, 1.807) is 44.2 Å². The molecule has 29 heavy (non-hydrogen) atoms. The van der Waals surface area contributed by atoms with Crippen molar-refractivity contribution in [3.8, 4) is 0 Å². The van der Waals surface area contributed by atoms with Gasteiger partial charge in [-0.2, -0.15) is 0 Å². The minimum Gasteiger partial charge on any atom is -0.274 e. The molecule has 1 saturated heterocycles. The third-order valence-corrected chi connectivity index (χ3v) is 4.51. The van der Waals surface area contributed by atoms with Crippen LogP contribution in [0, 0.1) is 11.7 Å². The Bertz CT molecular complexity index is 944. The standard InChI is InChI=1S/C21H20FN3O4/c1-13(2)20(28)25(23-19(27)14-6-4-3-5-7-14)17-12-18(26)24(21(17)29)16-10-8-15(22)9-11-16/h3-11,13,17H,12H2,1-2H3,(H,23,27). The maximum atomic E-state index is 13.2. The van der Waals surface area contributed by atoms with Gasteiger partial charge in [0.2, 0.25) is 11.8 Å². The fourth-order valence-electron chi connectivity index (χ4n) is 3.01. The first-order chi connectivity index (χ1) is 13.8. The number of anilines is 1. The molecule has 0 radical (unpaired) electrons. The van der Waals surface area contributed by atoms with Gasteiger partial charge in [-0.05, 0) is 36.4 Å². The van der Waals surface area contributed by atoms with E-state index in [1.807, 2.05) is 0 Å². The number of hydrogen-bond acceptors (Lipinski definition) is 4. The Balaban J connectivity index is 1.88. The van der Waals surface area contributed by atoms with Crippen LogP contribution in [-0.4, -0.2) is 34.7 Å². The van der Waals surface area contributed by atoms with Crippen LogP contribution in [0.3, 0.4) is 0 Å². The number of benzene rings is 2. The number of rotatable bonds is 4. The molecule has 0 aromatic heterocycles. The van der Waals surface area contributed by atoms with E-state index < -0.39 is 41.4 Å². The fraction of sp³-hybridized carbons (Fsp3) is 0.238. The number of hydrazine groups is 1. The van der Waals surface area contributed by atoms with Gasteiger partial charge in [0.1, 0.15) is 11.9 Å². The molecule has 1 unspecified atom stereocenters. The van der Waals surface area contributed by atoms with Gasteiger partial charge < -0.3 is 0 Å². The van der Waals surface area contributed by atoms with E-state index in [2.05, 4.69) is 5.43 Å². The second-order valence-corrected chi connectivity index (χ2v) is 6.93. The van der Waals surface area contributed by atoms with Crippen LogP contribution in [0.15, 0.2) is 54.6 Å². The van der Waals surface area contributed by atoms with Crippen LogP contribution >= 0.6 is 0 Å². The Morgan fingerprint density at radius 1 is 1.07 bits per heavy atom. The number of carbonyl (C=O) groups excluding carboxylic acids is 4. The molecule has 1 fully saturated rings. The van der Waals surface area contributed by atoms with E-state index in [0.29, 0.717) is 5.56 Å². The van der Waals surface area contributed by atoms with Gasteiger partial charge in [0.15, 0.2) is 0 Å². The molecular weight excluding hydrogens is 377 g/mol. The van der Waals surface area contributed by atoms with Crippen LogP contribution in [0.25, 0.3) is 0 Å². The first-order valence-corrected chi connectivity index (χ1v) is 9.11. The zero-order chi connectivity index (χ0) is 21.1. The zero-order valence-electron chi connectivity index (χ0n) is 16.0. The third-order valence-electron chi connectivity index (χ3n) is 4.51. The Morgan fingerprint density at radius 3 is 2.28 bits per heavy atom. The molecular formula is C21H20FN3O4. The zero-order valence-corrected chi connectivity index (χ0v) is 16.0. The van der Waals surface area contributed by atoms with E-state index in [1.165, 1.54) is 12.1 Å². The molecule has 4 amide bonds. The Morgan fingerprint density at radius 2 is 1.69 bits per heavy atom. The number of nitrogens with zero attached hydrogens (tertiary/aromatic N) is 2. The van der Waals surface area contributed by atoms with E-state index >= 15 is 0 Å². The predicted molar refractivity (Wildman–Crippen MR) is 103 cm³/mol. The summed E-state index contributed by atoms with van der Waals surface area (Å²) in [6, 6.07) is 11.9. The van der Waals surface area contributed by atoms with Gasteiger partial charge in [-0.25, -0.2) is 14.3 Å². The van der Waals surface area contributed by atoms with Crippen molar-refractivity contribution in [1.29, 1.82) is 0 Å². The van der Waals surface area contributed by atoms with Crippen LogP contribution in [0.2, 0.25) is 0 Å². The van der Waals surface area contributed by atoms with Crippen molar-refractivity contribution < 1.29 is 23.6 Å².